The molecule has 0 saturated carbocycles. The summed E-state index contributed by atoms with van der Waals surface area (Å²) < 4.78 is 0. The lowest BCUT2D eigenvalue weighted by molar-refractivity contribution is -0.122. The normalized spacial score (nSPS) is 17.4. The van der Waals surface area contributed by atoms with Crippen LogP contribution in [-0.4, -0.2) is 30.2 Å². The van der Waals surface area contributed by atoms with Gasteiger partial charge in [-0.05, 0) is 24.5 Å². The van der Waals surface area contributed by atoms with Crippen LogP contribution in [0.2, 0.25) is 0 Å². The number of fused-ring (bicyclic) bond motifs is 1. The molecule has 4 heteroatoms. The number of hydrogen-bond donors (Lipinski definition) is 3. The first-order valence-corrected chi connectivity index (χ1v) is 7.37. The van der Waals surface area contributed by atoms with Gasteiger partial charge in [0.2, 0.25) is 5.91 Å². The van der Waals surface area contributed by atoms with Crippen LogP contribution >= 0.6 is 0 Å². The maximum absolute atomic E-state index is 12.3. The van der Waals surface area contributed by atoms with E-state index < -0.39 is 0 Å². The Labute approximate surface area is 120 Å². The Morgan fingerprint density at radius 1 is 1.40 bits per heavy atom. The highest BCUT2D eigenvalue weighted by Crippen LogP contribution is 2.26. The van der Waals surface area contributed by atoms with Crippen LogP contribution in [0.4, 0.5) is 5.69 Å². The van der Waals surface area contributed by atoms with E-state index in [0.717, 1.165) is 24.9 Å². The number of benzene rings is 1. The lowest BCUT2D eigenvalue weighted by atomic mass is 9.83. The number of para-hydroxylation sites is 1. The lowest BCUT2D eigenvalue weighted by Gasteiger charge is -2.30. The molecule has 0 bridgehead atoms. The van der Waals surface area contributed by atoms with Crippen molar-refractivity contribution in [2.75, 3.05) is 18.5 Å². The molecular formula is C16H24N2O2. The van der Waals surface area contributed by atoms with E-state index in [9.17, 15) is 9.90 Å². The number of hydrogen-bond acceptors (Lipinski definition) is 3. The number of carbonyl (C=O) groups is 1. The van der Waals surface area contributed by atoms with Crippen molar-refractivity contribution in [1.82, 2.24) is 5.32 Å². The molecule has 0 spiro atoms. The van der Waals surface area contributed by atoms with E-state index in [1.54, 1.807) is 0 Å². The van der Waals surface area contributed by atoms with Crippen LogP contribution < -0.4 is 10.6 Å². The Kier molecular flexibility index (Phi) is 4.65. The number of aliphatic hydroxyl groups excluding tert-OH is 1. The van der Waals surface area contributed by atoms with E-state index in [4.69, 9.17) is 0 Å². The van der Waals surface area contributed by atoms with Gasteiger partial charge in [0.15, 0.2) is 0 Å². The second-order valence-corrected chi connectivity index (χ2v) is 5.64. The molecule has 1 aromatic carbocycles. The molecule has 1 aliphatic heterocycles. The maximum Gasteiger partial charge on any atom is 0.242 e. The van der Waals surface area contributed by atoms with Crippen molar-refractivity contribution in [3.05, 3.63) is 29.8 Å². The predicted molar refractivity (Wildman–Crippen MR) is 80.7 cm³/mol. The molecule has 4 nitrogen and oxygen atoms in total. The van der Waals surface area contributed by atoms with E-state index in [2.05, 4.69) is 24.5 Å². The quantitative estimate of drug-likeness (QED) is 0.744. The minimum absolute atomic E-state index is 0.0147. The Hall–Kier alpha value is -1.55. The van der Waals surface area contributed by atoms with Crippen molar-refractivity contribution in [2.24, 2.45) is 5.41 Å². The fourth-order valence-electron chi connectivity index (χ4n) is 2.63. The van der Waals surface area contributed by atoms with Gasteiger partial charge in [0.05, 0.1) is 6.61 Å². The number of rotatable bonds is 6. The van der Waals surface area contributed by atoms with Gasteiger partial charge in [-0.1, -0.05) is 32.0 Å². The summed E-state index contributed by atoms with van der Waals surface area (Å²) in [6.45, 7) is 4.74. The zero-order chi connectivity index (χ0) is 14.6. The van der Waals surface area contributed by atoms with Gasteiger partial charge in [0, 0.05) is 24.1 Å². The van der Waals surface area contributed by atoms with Crippen LogP contribution in [0.1, 0.15) is 32.3 Å². The molecular weight excluding hydrogens is 252 g/mol. The summed E-state index contributed by atoms with van der Waals surface area (Å²) in [7, 11) is 0. The summed E-state index contributed by atoms with van der Waals surface area (Å²) in [5, 5.41) is 15.8. The van der Waals surface area contributed by atoms with Gasteiger partial charge in [-0.2, -0.15) is 0 Å². The van der Waals surface area contributed by atoms with E-state index in [-0.39, 0.29) is 24.0 Å². The largest absolute Gasteiger partial charge is 0.396 e. The first-order valence-electron chi connectivity index (χ1n) is 7.37. The molecule has 3 N–H and O–H groups in total. The molecule has 0 fully saturated rings. The second kappa shape index (κ2) is 6.27. The van der Waals surface area contributed by atoms with Gasteiger partial charge in [0.1, 0.15) is 6.04 Å². The SMILES string of the molecule is CCC(CC)(CO)CNC(=O)C1Cc2ccccc2N1. The third kappa shape index (κ3) is 2.96. The summed E-state index contributed by atoms with van der Waals surface area (Å²) in [5.74, 6) is 0.0147. The monoisotopic (exact) mass is 276 g/mol. The van der Waals surface area contributed by atoms with Crippen LogP contribution in [0.5, 0.6) is 0 Å². The van der Waals surface area contributed by atoms with Crippen LogP contribution in [0, 0.1) is 5.41 Å². The maximum atomic E-state index is 12.3. The first kappa shape index (κ1) is 14.9. The molecule has 20 heavy (non-hydrogen) atoms. The molecule has 1 aromatic rings. The summed E-state index contributed by atoms with van der Waals surface area (Å²) in [6, 6.07) is 7.81. The van der Waals surface area contributed by atoms with Crippen molar-refractivity contribution in [2.45, 2.75) is 39.2 Å². The number of nitrogens with one attached hydrogen (secondary N) is 2. The van der Waals surface area contributed by atoms with Gasteiger partial charge >= 0.3 is 0 Å². The Morgan fingerprint density at radius 3 is 2.70 bits per heavy atom. The molecule has 0 aliphatic carbocycles. The predicted octanol–water partition coefficient (Wildman–Crippen LogP) is 1.94. The van der Waals surface area contributed by atoms with Crippen molar-refractivity contribution >= 4 is 11.6 Å². The van der Waals surface area contributed by atoms with Gasteiger partial charge < -0.3 is 15.7 Å². The molecule has 1 atom stereocenters. The fraction of sp³-hybridized carbons (Fsp3) is 0.562. The summed E-state index contributed by atoms with van der Waals surface area (Å²) in [4.78, 5) is 12.3. The molecule has 2 rings (SSSR count). The molecule has 1 amide bonds. The molecule has 0 aromatic heterocycles. The molecule has 110 valence electrons. The first-order chi connectivity index (χ1) is 9.64. The van der Waals surface area contributed by atoms with E-state index >= 15 is 0 Å². The standard InChI is InChI=1S/C16H24N2O2/c1-3-16(4-2,11-19)10-17-15(20)14-9-12-7-5-6-8-13(12)18-14/h5-8,14,18-19H,3-4,9-11H2,1-2H3,(H,17,20). The summed E-state index contributed by atoms with van der Waals surface area (Å²) >= 11 is 0. The van der Waals surface area contributed by atoms with Crippen molar-refractivity contribution in [3.8, 4) is 0 Å². The average Bonchev–Trinajstić information content (AvgIpc) is 2.93. The molecule has 1 heterocycles. The zero-order valence-electron chi connectivity index (χ0n) is 12.3. The Bertz CT molecular complexity index is 436. The van der Waals surface area contributed by atoms with Crippen LogP contribution in [0.15, 0.2) is 24.3 Å². The number of carbonyl (C=O) groups excluding carboxylic acids is 1. The Balaban J connectivity index is 1.91. The van der Waals surface area contributed by atoms with Gasteiger partial charge in [-0.3, -0.25) is 4.79 Å². The second-order valence-electron chi connectivity index (χ2n) is 5.64. The van der Waals surface area contributed by atoms with Gasteiger partial charge in [0.25, 0.3) is 0 Å². The molecule has 1 unspecified atom stereocenters. The van der Waals surface area contributed by atoms with Crippen molar-refractivity contribution < 1.29 is 9.90 Å². The van der Waals surface area contributed by atoms with Crippen LogP contribution in [-0.2, 0) is 11.2 Å². The summed E-state index contributed by atoms with van der Waals surface area (Å²) in [5.41, 5.74) is 2.04. The van der Waals surface area contributed by atoms with Gasteiger partial charge in [-0.25, -0.2) is 0 Å². The zero-order valence-corrected chi connectivity index (χ0v) is 12.3. The molecule has 0 radical (unpaired) electrons. The topological polar surface area (TPSA) is 61.4 Å². The van der Waals surface area contributed by atoms with Gasteiger partial charge in [-0.15, -0.1) is 0 Å². The van der Waals surface area contributed by atoms with E-state index in [1.165, 1.54) is 5.56 Å². The highest BCUT2D eigenvalue weighted by molar-refractivity contribution is 5.87. The molecule has 1 aliphatic rings. The Morgan fingerprint density at radius 2 is 2.10 bits per heavy atom. The van der Waals surface area contributed by atoms with E-state index in [0.29, 0.717) is 6.54 Å². The van der Waals surface area contributed by atoms with E-state index in [1.807, 2.05) is 24.3 Å². The smallest absolute Gasteiger partial charge is 0.242 e. The third-order valence-electron chi connectivity index (χ3n) is 4.56. The third-order valence-corrected chi connectivity index (χ3v) is 4.56. The highest BCUT2D eigenvalue weighted by Gasteiger charge is 2.30. The highest BCUT2D eigenvalue weighted by atomic mass is 16.3. The summed E-state index contributed by atoms with van der Waals surface area (Å²) in [6.07, 6.45) is 2.45. The number of amides is 1. The van der Waals surface area contributed by atoms with Crippen molar-refractivity contribution in [1.29, 1.82) is 0 Å². The number of aliphatic hydroxyl groups is 1. The average molecular weight is 276 g/mol. The minimum Gasteiger partial charge on any atom is -0.396 e. The van der Waals surface area contributed by atoms with Crippen molar-refractivity contribution in [3.63, 3.8) is 0 Å². The minimum atomic E-state index is -0.197. The van der Waals surface area contributed by atoms with Crippen LogP contribution in [0.3, 0.4) is 0 Å². The number of anilines is 1. The van der Waals surface area contributed by atoms with Crippen LogP contribution in [0.25, 0.3) is 0 Å². The fourth-order valence-corrected chi connectivity index (χ4v) is 2.63. The molecule has 0 saturated heterocycles. The lowest BCUT2D eigenvalue weighted by Crippen LogP contribution is -2.45.